The smallest absolute Gasteiger partial charge is 0.295 e. The number of carbonyl (C=O) groups excluding carboxylic acids is 2. The fourth-order valence-electron chi connectivity index (χ4n) is 3.83. The summed E-state index contributed by atoms with van der Waals surface area (Å²) in [5.41, 5.74) is 2.10. The summed E-state index contributed by atoms with van der Waals surface area (Å²) in [5.74, 6) is -0.964. The number of carbonyl (C=O) groups is 2. The molecule has 1 aromatic heterocycles. The van der Waals surface area contributed by atoms with Gasteiger partial charge in [0, 0.05) is 28.1 Å². The van der Waals surface area contributed by atoms with E-state index in [4.69, 9.17) is 4.74 Å². The van der Waals surface area contributed by atoms with Crippen molar-refractivity contribution in [1.29, 1.82) is 0 Å². The fourth-order valence-corrected chi connectivity index (χ4v) is 4.19. The van der Waals surface area contributed by atoms with E-state index in [2.05, 4.69) is 27.6 Å². The number of ketones is 1. The Kier molecular flexibility index (Phi) is 7.08. The molecule has 1 aliphatic rings. The number of aromatic nitrogens is 1. The molecule has 1 aliphatic heterocycles. The van der Waals surface area contributed by atoms with Crippen molar-refractivity contribution in [1.82, 2.24) is 9.88 Å². The average Bonchev–Trinajstić information content (AvgIpc) is 3.08. The van der Waals surface area contributed by atoms with Crippen molar-refractivity contribution >= 4 is 40.0 Å². The maximum Gasteiger partial charge on any atom is 0.295 e. The maximum absolute atomic E-state index is 13.2. The van der Waals surface area contributed by atoms with E-state index in [1.54, 1.807) is 48.8 Å². The average molecular weight is 554 g/mol. The van der Waals surface area contributed by atoms with Gasteiger partial charge in [-0.05, 0) is 76.5 Å². The molecule has 2 aromatic carbocycles. The Morgan fingerprint density at radius 2 is 1.82 bits per heavy atom. The number of halogens is 1. The molecule has 0 bridgehead atoms. The second-order valence-electron chi connectivity index (χ2n) is 7.71. The second-order valence-corrected chi connectivity index (χ2v) is 8.96. The Bertz CT molecular complexity index is 1190. The van der Waals surface area contributed by atoms with Crippen LogP contribution >= 0.6 is 22.6 Å². The van der Waals surface area contributed by atoms with Crippen LogP contribution in [-0.4, -0.2) is 33.3 Å². The molecule has 4 rings (SSSR count). The molecule has 6 nitrogen and oxygen atoms in total. The first-order chi connectivity index (χ1) is 16.0. The number of benzene rings is 2. The van der Waals surface area contributed by atoms with Gasteiger partial charge in [-0.25, -0.2) is 0 Å². The lowest BCUT2D eigenvalue weighted by Gasteiger charge is -2.25. The van der Waals surface area contributed by atoms with Gasteiger partial charge in [0.1, 0.15) is 11.5 Å². The molecule has 7 heteroatoms. The highest BCUT2D eigenvalue weighted by atomic mass is 127. The monoisotopic (exact) mass is 554 g/mol. The number of pyridine rings is 1. The topological polar surface area (TPSA) is 79.7 Å². The summed E-state index contributed by atoms with van der Waals surface area (Å²) < 4.78 is 6.71. The van der Waals surface area contributed by atoms with Crippen molar-refractivity contribution in [3.05, 3.63) is 98.9 Å². The molecular weight excluding hydrogens is 531 g/mol. The molecule has 1 atom stereocenters. The van der Waals surface area contributed by atoms with Crippen molar-refractivity contribution in [2.24, 2.45) is 0 Å². The first-order valence-corrected chi connectivity index (χ1v) is 11.7. The molecule has 0 saturated carbocycles. The van der Waals surface area contributed by atoms with Crippen LogP contribution in [0.15, 0.2) is 78.6 Å². The van der Waals surface area contributed by atoms with E-state index in [1.807, 2.05) is 31.2 Å². The molecule has 1 N–H and O–H groups in total. The fraction of sp³-hybridized carbons (Fsp3) is 0.192. The standard InChI is InChI=1S/C26H23IN2O4/c1-2-14-33-21-5-3-4-19(15-21)24(30)22-23(18-6-8-20(27)9-7-18)29(26(32)25(22)31)16-17-10-12-28-13-11-17/h3-13,15,23,30H,2,14,16H2,1H3. The number of ether oxygens (including phenoxy) is 1. The Morgan fingerprint density at radius 1 is 1.09 bits per heavy atom. The van der Waals surface area contributed by atoms with Crippen molar-refractivity contribution in [2.45, 2.75) is 25.9 Å². The van der Waals surface area contributed by atoms with Crippen molar-refractivity contribution in [3.63, 3.8) is 0 Å². The van der Waals surface area contributed by atoms with Crippen LogP contribution in [-0.2, 0) is 16.1 Å². The lowest BCUT2D eigenvalue weighted by atomic mass is 9.95. The summed E-state index contributed by atoms with van der Waals surface area (Å²) in [5, 5.41) is 11.2. The number of amides is 1. The summed E-state index contributed by atoms with van der Waals surface area (Å²) >= 11 is 2.20. The SMILES string of the molecule is CCCOc1cccc(C(O)=C2C(=O)C(=O)N(Cc3ccncc3)C2c2ccc(I)cc2)c1. The summed E-state index contributed by atoms with van der Waals surface area (Å²) in [6, 6.07) is 17.4. The minimum Gasteiger partial charge on any atom is -0.507 e. The van der Waals surface area contributed by atoms with Crippen molar-refractivity contribution < 1.29 is 19.4 Å². The largest absolute Gasteiger partial charge is 0.507 e. The lowest BCUT2D eigenvalue weighted by Crippen LogP contribution is -2.29. The van der Waals surface area contributed by atoms with Crippen LogP contribution in [0.2, 0.25) is 0 Å². The van der Waals surface area contributed by atoms with Crippen molar-refractivity contribution in [3.8, 4) is 5.75 Å². The summed E-state index contributed by atoms with van der Waals surface area (Å²) in [7, 11) is 0. The zero-order valence-corrected chi connectivity index (χ0v) is 20.2. The maximum atomic E-state index is 13.2. The van der Waals surface area contributed by atoms with E-state index >= 15 is 0 Å². The molecule has 1 amide bonds. The molecule has 0 spiro atoms. The van der Waals surface area contributed by atoms with Crippen LogP contribution in [0.4, 0.5) is 0 Å². The van der Waals surface area contributed by atoms with Gasteiger partial charge in [-0.3, -0.25) is 14.6 Å². The van der Waals surface area contributed by atoms with Crippen LogP contribution < -0.4 is 4.74 Å². The van der Waals surface area contributed by atoms with E-state index < -0.39 is 17.7 Å². The van der Waals surface area contributed by atoms with E-state index in [1.165, 1.54) is 4.90 Å². The third-order valence-corrected chi connectivity index (χ3v) is 6.13. The molecule has 1 unspecified atom stereocenters. The molecule has 1 saturated heterocycles. The molecule has 168 valence electrons. The number of rotatable bonds is 7. The summed E-state index contributed by atoms with van der Waals surface area (Å²) in [6.45, 7) is 2.78. The lowest BCUT2D eigenvalue weighted by molar-refractivity contribution is -0.140. The minimum atomic E-state index is -0.713. The Morgan fingerprint density at radius 3 is 2.52 bits per heavy atom. The minimum absolute atomic E-state index is 0.0721. The number of hydrogen-bond donors (Lipinski definition) is 1. The molecule has 0 aliphatic carbocycles. The molecule has 2 heterocycles. The zero-order chi connectivity index (χ0) is 23.4. The van der Waals surface area contributed by atoms with Gasteiger partial charge in [-0.1, -0.05) is 31.2 Å². The van der Waals surface area contributed by atoms with Crippen LogP contribution in [0.1, 0.15) is 36.1 Å². The first-order valence-electron chi connectivity index (χ1n) is 10.7. The van der Waals surface area contributed by atoms with Crippen molar-refractivity contribution in [2.75, 3.05) is 6.61 Å². The van der Waals surface area contributed by atoms with Gasteiger partial charge in [0.2, 0.25) is 0 Å². The molecular formula is C26H23IN2O4. The molecule has 0 radical (unpaired) electrons. The number of aliphatic hydroxyl groups excluding tert-OH is 1. The highest BCUT2D eigenvalue weighted by molar-refractivity contribution is 14.1. The molecule has 33 heavy (non-hydrogen) atoms. The number of aliphatic hydroxyl groups is 1. The zero-order valence-electron chi connectivity index (χ0n) is 18.1. The predicted octanol–water partition coefficient (Wildman–Crippen LogP) is 5.10. The number of nitrogens with zero attached hydrogens (tertiary/aromatic N) is 2. The van der Waals surface area contributed by atoms with Crippen LogP contribution in [0.25, 0.3) is 5.76 Å². The van der Waals surface area contributed by atoms with Gasteiger partial charge in [0.25, 0.3) is 11.7 Å². The van der Waals surface area contributed by atoms with Crippen LogP contribution in [0.3, 0.4) is 0 Å². The molecule has 3 aromatic rings. The van der Waals surface area contributed by atoms with Gasteiger partial charge >= 0.3 is 0 Å². The Labute approximate surface area is 206 Å². The number of hydrogen-bond acceptors (Lipinski definition) is 5. The third kappa shape index (κ3) is 4.93. The normalized spacial score (nSPS) is 17.4. The first kappa shape index (κ1) is 23.0. The highest BCUT2D eigenvalue weighted by Crippen LogP contribution is 2.40. The van der Waals surface area contributed by atoms with Crippen LogP contribution in [0.5, 0.6) is 5.75 Å². The van der Waals surface area contributed by atoms with E-state index in [0.29, 0.717) is 17.9 Å². The van der Waals surface area contributed by atoms with Gasteiger partial charge in [0.05, 0.1) is 18.2 Å². The quantitative estimate of drug-likeness (QED) is 0.190. The summed E-state index contributed by atoms with van der Waals surface area (Å²) in [4.78, 5) is 31.8. The van der Waals surface area contributed by atoms with Gasteiger partial charge in [0.15, 0.2) is 0 Å². The predicted molar refractivity (Wildman–Crippen MR) is 133 cm³/mol. The Hall–Kier alpha value is -3.20. The second kappa shape index (κ2) is 10.2. The van der Waals surface area contributed by atoms with Crippen LogP contribution in [0, 0.1) is 3.57 Å². The van der Waals surface area contributed by atoms with E-state index in [-0.39, 0.29) is 17.9 Å². The summed E-state index contributed by atoms with van der Waals surface area (Å²) in [6.07, 6.45) is 4.14. The molecule has 1 fully saturated rings. The third-order valence-electron chi connectivity index (χ3n) is 5.41. The van der Waals surface area contributed by atoms with E-state index in [9.17, 15) is 14.7 Å². The number of Topliss-reactive ketones (excluding diaryl/α,β-unsaturated/α-hetero) is 1. The van der Waals surface area contributed by atoms with Gasteiger partial charge in [-0.15, -0.1) is 0 Å². The highest BCUT2D eigenvalue weighted by Gasteiger charge is 2.46. The van der Waals surface area contributed by atoms with E-state index in [0.717, 1.165) is 21.1 Å². The van der Waals surface area contributed by atoms with Gasteiger partial charge in [-0.2, -0.15) is 0 Å². The number of likely N-dealkylation sites (tertiary alicyclic amines) is 1. The Balaban J connectivity index is 1.81. The van der Waals surface area contributed by atoms with Gasteiger partial charge < -0.3 is 14.7 Å².